The van der Waals surface area contributed by atoms with Crippen molar-refractivity contribution in [3.8, 4) is 0 Å². The molecular formula is C15H27NO3. The first kappa shape index (κ1) is 14.8. The van der Waals surface area contributed by atoms with Gasteiger partial charge in [-0.05, 0) is 50.4 Å². The van der Waals surface area contributed by atoms with Crippen LogP contribution in [0.4, 0.5) is 0 Å². The summed E-state index contributed by atoms with van der Waals surface area (Å²) in [5, 5.41) is 9.22. The number of amides is 1. The van der Waals surface area contributed by atoms with Gasteiger partial charge in [-0.25, -0.2) is 0 Å². The van der Waals surface area contributed by atoms with Gasteiger partial charge >= 0.3 is 0 Å². The van der Waals surface area contributed by atoms with Crippen molar-refractivity contribution >= 4 is 5.91 Å². The molecule has 0 spiro atoms. The lowest BCUT2D eigenvalue weighted by Crippen LogP contribution is -2.41. The van der Waals surface area contributed by atoms with E-state index >= 15 is 0 Å². The number of likely N-dealkylation sites (tertiary alicyclic amines) is 1. The second-order valence-corrected chi connectivity index (χ2v) is 6.11. The maximum Gasteiger partial charge on any atom is 0.222 e. The number of carbonyl (C=O) groups excluding carboxylic acids is 1. The van der Waals surface area contributed by atoms with E-state index in [0.717, 1.165) is 51.6 Å². The van der Waals surface area contributed by atoms with E-state index in [0.29, 0.717) is 30.3 Å². The Bertz CT molecular complexity index is 287. The van der Waals surface area contributed by atoms with Crippen molar-refractivity contribution < 1.29 is 14.6 Å². The van der Waals surface area contributed by atoms with Crippen molar-refractivity contribution in [3.63, 3.8) is 0 Å². The minimum Gasteiger partial charge on any atom is -0.396 e. The van der Waals surface area contributed by atoms with Crippen LogP contribution in [-0.4, -0.2) is 48.8 Å². The van der Waals surface area contributed by atoms with E-state index in [4.69, 9.17) is 4.74 Å². The third-order valence-electron chi connectivity index (χ3n) is 4.72. The Morgan fingerprint density at radius 3 is 2.58 bits per heavy atom. The Hall–Kier alpha value is -0.610. The van der Waals surface area contributed by atoms with Gasteiger partial charge in [-0.2, -0.15) is 0 Å². The molecule has 1 heterocycles. The summed E-state index contributed by atoms with van der Waals surface area (Å²) in [4.78, 5) is 14.3. The van der Waals surface area contributed by atoms with Crippen LogP contribution in [0.2, 0.25) is 0 Å². The summed E-state index contributed by atoms with van der Waals surface area (Å²) in [5.74, 6) is 1.12. The van der Waals surface area contributed by atoms with Gasteiger partial charge in [0.1, 0.15) is 0 Å². The molecule has 2 fully saturated rings. The average molecular weight is 269 g/mol. The number of nitrogens with zero attached hydrogens (tertiary/aromatic N) is 1. The molecule has 1 saturated heterocycles. The fourth-order valence-corrected chi connectivity index (χ4v) is 3.39. The predicted octanol–water partition coefficient (Wildman–Crippen LogP) is 1.81. The molecule has 4 heteroatoms. The normalized spacial score (nSPS) is 32.3. The number of rotatable bonds is 4. The summed E-state index contributed by atoms with van der Waals surface area (Å²) in [7, 11) is 1.78. The number of ether oxygens (including phenoxy) is 1. The van der Waals surface area contributed by atoms with Gasteiger partial charge in [0.25, 0.3) is 0 Å². The minimum absolute atomic E-state index is 0.211. The van der Waals surface area contributed by atoms with E-state index < -0.39 is 0 Å². The third kappa shape index (κ3) is 4.18. The molecule has 2 aliphatic rings. The van der Waals surface area contributed by atoms with E-state index in [2.05, 4.69) is 0 Å². The molecule has 1 aliphatic carbocycles. The SMILES string of the molecule is COC1CCC(CC(=O)N2CCCC(CO)C2)CC1. The molecule has 1 aliphatic heterocycles. The molecule has 0 bridgehead atoms. The first-order valence-electron chi connectivity index (χ1n) is 7.64. The van der Waals surface area contributed by atoms with Crippen molar-refractivity contribution in [1.82, 2.24) is 4.90 Å². The molecule has 1 amide bonds. The Morgan fingerprint density at radius 1 is 1.21 bits per heavy atom. The van der Waals surface area contributed by atoms with Crippen LogP contribution >= 0.6 is 0 Å². The molecule has 1 unspecified atom stereocenters. The molecule has 19 heavy (non-hydrogen) atoms. The fourth-order valence-electron chi connectivity index (χ4n) is 3.39. The highest BCUT2D eigenvalue weighted by atomic mass is 16.5. The highest BCUT2D eigenvalue weighted by Crippen LogP contribution is 2.29. The van der Waals surface area contributed by atoms with Gasteiger partial charge in [0.05, 0.1) is 6.10 Å². The summed E-state index contributed by atoms with van der Waals surface area (Å²) in [5.41, 5.74) is 0. The van der Waals surface area contributed by atoms with Crippen LogP contribution in [0.1, 0.15) is 44.9 Å². The average Bonchev–Trinajstić information content (AvgIpc) is 2.48. The lowest BCUT2D eigenvalue weighted by Gasteiger charge is -2.34. The lowest BCUT2D eigenvalue weighted by atomic mass is 9.84. The molecule has 0 aromatic rings. The molecule has 4 nitrogen and oxygen atoms in total. The van der Waals surface area contributed by atoms with Crippen LogP contribution in [-0.2, 0) is 9.53 Å². The van der Waals surface area contributed by atoms with Crippen LogP contribution in [0, 0.1) is 11.8 Å². The number of piperidine rings is 1. The maximum atomic E-state index is 12.3. The zero-order valence-corrected chi connectivity index (χ0v) is 12.0. The van der Waals surface area contributed by atoms with Crippen LogP contribution < -0.4 is 0 Å². The zero-order valence-electron chi connectivity index (χ0n) is 12.0. The highest BCUT2D eigenvalue weighted by Gasteiger charge is 2.27. The van der Waals surface area contributed by atoms with Gasteiger partial charge < -0.3 is 14.7 Å². The molecule has 1 N–H and O–H groups in total. The smallest absolute Gasteiger partial charge is 0.222 e. The quantitative estimate of drug-likeness (QED) is 0.847. The van der Waals surface area contributed by atoms with Crippen LogP contribution in [0.25, 0.3) is 0 Å². The minimum atomic E-state index is 0.211. The number of hydrogen-bond donors (Lipinski definition) is 1. The second-order valence-electron chi connectivity index (χ2n) is 6.11. The molecule has 0 aromatic heterocycles. The number of hydrogen-bond acceptors (Lipinski definition) is 3. The van der Waals surface area contributed by atoms with Gasteiger partial charge in [-0.1, -0.05) is 0 Å². The van der Waals surface area contributed by atoms with Gasteiger partial charge in [0.2, 0.25) is 5.91 Å². The molecule has 1 atom stereocenters. The molecule has 2 rings (SSSR count). The van der Waals surface area contributed by atoms with E-state index in [1.165, 1.54) is 0 Å². The van der Waals surface area contributed by atoms with E-state index in [-0.39, 0.29) is 6.61 Å². The summed E-state index contributed by atoms with van der Waals surface area (Å²) >= 11 is 0. The number of methoxy groups -OCH3 is 1. The molecular weight excluding hydrogens is 242 g/mol. The number of carbonyl (C=O) groups is 1. The monoisotopic (exact) mass is 269 g/mol. The largest absolute Gasteiger partial charge is 0.396 e. The van der Waals surface area contributed by atoms with Crippen molar-refractivity contribution in [2.45, 2.75) is 51.0 Å². The maximum absolute atomic E-state index is 12.3. The fraction of sp³-hybridized carbons (Fsp3) is 0.933. The predicted molar refractivity (Wildman–Crippen MR) is 73.8 cm³/mol. The molecule has 1 saturated carbocycles. The topological polar surface area (TPSA) is 49.8 Å². The van der Waals surface area contributed by atoms with Crippen molar-refractivity contribution in [2.75, 3.05) is 26.8 Å². The first-order chi connectivity index (χ1) is 9.22. The summed E-state index contributed by atoms with van der Waals surface area (Å²) in [6.07, 6.45) is 7.59. The Kier molecular flexibility index (Phi) is 5.64. The van der Waals surface area contributed by atoms with Gasteiger partial charge in [0, 0.05) is 33.2 Å². The van der Waals surface area contributed by atoms with Crippen molar-refractivity contribution in [1.29, 1.82) is 0 Å². The first-order valence-corrected chi connectivity index (χ1v) is 7.64. The Labute approximate surface area is 116 Å². The highest BCUT2D eigenvalue weighted by molar-refractivity contribution is 5.76. The van der Waals surface area contributed by atoms with Gasteiger partial charge in [-0.15, -0.1) is 0 Å². The van der Waals surface area contributed by atoms with Crippen LogP contribution in [0.15, 0.2) is 0 Å². The summed E-state index contributed by atoms with van der Waals surface area (Å²) < 4.78 is 5.37. The number of aliphatic hydroxyl groups excluding tert-OH is 1. The summed E-state index contributed by atoms with van der Waals surface area (Å²) in [6, 6.07) is 0. The Morgan fingerprint density at radius 2 is 1.95 bits per heavy atom. The standard InChI is InChI=1S/C15H27NO3/c1-19-14-6-4-12(5-7-14)9-15(18)16-8-2-3-13(10-16)11-17/h12-14,17H,2-11H2,1H3. The van der Waals surface area contributed by atoms with E-state index in [9.17, 15) is 9.90 Å². The van der Waals surface area contributed by atoms with E-state index in [1.54, 1.807) is 7.11 Å². The molecule has 0 aromatic carbocycles. The Balaban J connectivity index is 1.75. The van der Waals surface area contributed by atoms with Gasteiger partial charge in [-0.3, -0.25) is 4.79 Å². The second kappa shape index (κ2) is 7.25. The van der Waals surface area contributed by atoms with Crippen LogP contribution in [0.3, 0.4) is 0 Å². The zero-order chi connectivity index (χ0) is 13.7. The van der Waals surface area contributed by atoms with E-state index in [1.807, 2.05) is 4.90 Å². The van der Waals surface area contributed by atoms with Gasteiger partial charge in [0.15, 0.2) is 0 Å². The molecule has 110 valence electrons. The summed E-state index contributed by atoms with van der Waals surface area (Å²) in [6.45, 7) is 1.84. The number of aliphatic hydroxyl groups is 1. The third-order valence-corrected chi connectivity index (χ3v) is 4.72. The van der Waals surface area contributed by atoms with Crippen molar-refractivity contribution in [3.05, 3.63) is 0 Å². The van der Waals surface area contributed by atoms with Crippen LogP contribution in [0.5, 0.6) is 0 Å². The van der Waals surface area contributed by atoms with Crippen molar-refractivity contribution in [2.24, 2.45) is 11.8 Å². The lowest BCUT2D eigenvalue weighted by molar-refractivity contribution is -0.134. The molecule has 0 radical (unpaired) electrons.